The summed E-state index contributed by atoms with van der Waals surface area (Å²) in [6.45, 7) is 0. The number of halogens is 1. The van der Waals surface area contributed by atoms with E-state index >= 15 is 0 Å². The molecule has 3 aliphatic rings. The molecule has 3 fully saturated rings. The van der Waals surface area contributed by atoms with Gasteiger partial charge in [-0.2, -0.15) is 0 Å². The summed E-state index contributed by atoms with van der Waals surface area (Å²) in [6.07, 6.45) is 6.54. The average molecular weight is 246 g/mol. The maximum absolute atomic E-state index is 13.4. The Kier molecular flexibility index (Phi) is 2.05. The van der Waals surface area contributed by atoms with Crippen molar-refractivity contribution in [2.75, 3.05) is 0 Å². The lowest BCUT2D eigenvalue weighted by atomic mass is 10.0. The van der Waals surface area contributed by atoms with E-state index in [1.54, 1.807) is 0 Å². The molecule has 1 N–H and O–H groups in total. The predicted octanol–water partition coefficient (Wildman–Crippen LogP) is 1.99. The Morgan fingerprint density at radius 3 is 2.72 bits per heavy atom. The first-order valence-electron chi connectivity index (χ1n) is 6.66. The molecule has 1 heterocycles. The largest absolute Gasteiger partial charge is 0.349 e. The Morgan fingerprint density at radius 2 is 2.06 bits per heavy atom. The highest BCUT2D eigenvalue weighted by Crippen LogP contribution is 2.65. The molecule has 4 atom stereocenters. The van der Waals surface area contributed by atoms with Gasteiger partial charge in [-0.05, 0) is 49.0 Å². The second-order valence-corrected chi connectivity index (χ2v) is 5.84. The van der Waals surface area contributed by atoms with Crippen LogP contribution in [0.1, 0.15) is 29.6 Å². The molecule has 18 heavy (non-hydrogen) atoms. The third kappa shape index (κ3) is 1.35. The minimum absolute atomic E-state index is 0.113. The Balaban J connectivity index is 1.48. The van der Waals surface area contributed by atoms with Crippen LogP contribution in [0.2, 0.25) is 0 Å². The third-order valence-electron chi connectivity index (χ3n) is 5.05. The van der Waals surface area contributed by atoms with Crippen LogP contribution in [0, 0.1) is 29.5 Å². The SMILES string of the molecule is O=C(NC1C2C3CCC(C3)C12)c1ccncc1F. The van der Waals surface area contributed by atoms with Gasteiger partial charge in [-0.3, -0.25) is 9.78 Å². The van der Waals surface area contributed by atoms with Crippen molar-refractivity contribution in [3.63, 3.8) is 0 Å². The van der Waals surface area contributed by atoms with Crippen LogP contribution in [-0.4, -0.2) is 16.9 Å². The summed E-state index contributed by atoms with van der Waals surface area (Å²) in [5.41, 5.74) is 0.113. The van der Waals surface area contributed by atoms with Gasteiger partial charge in [0.1, 0.15) is 0 Å². The molecule has 4 rings (SSSR count). The number of pyridine rings is 1. The van der Waals surface area contributed by atoms with Crippen LogP contribution >= 0.6 is 0 Å². The Bertz CT molecular complexity index is 502. The molecule has 3 aliphatic carbocycles. The molecular formula is C14H15FN2O. The molecule has 1 aromatic rings. The van der Waals surface area contributed by atoms with Crippen molar-refractivity contribution in [3.8, 4) is 0 Å². The van der Waals surface area contributed by atoms with Crippen molar-refractivity contribution < 1.29 is 9.18 Å². The van der Waals surface area contributed by atoms with E-state index in [4.69, 9.17) is 0 Å². The van der Waals surface area contributed by atoms with Crippen molar-refractivity contribution in [3.05, 3.63) is 29.8 Å². The van der Waals surface area contributed by atoms with E-state index in [1.165, 1.54) is 31.5 Å². The number of carbonyl (C=O) groups excluding carboxylic acids is 1. The quantitative estimate of drug-likeness (QED) is 0.867. The van der Waals surface area contributed by atoms with Crippen LogP contribution in [-0.2, 0) is 0 Å². The average Bonchev–Trinajstić information content (AvgIpc) is 2.77. The molecule has 94 valence electrons. The van der Waals surface area contributed by atoms with Gasteiger partial charge in [-0.1, -0.05) is 0 Å². The fourth-order valence-corrected chi connectivity index (χ4v) is 4.31. The Morgan fingerprint density at radius 1 is 1.33 bits per heavy atom. The number of amides is 1. The number of nitrogens with zero attached hydrogens (tertiary/aromatic N) is 1. The lowest BCUT2D eigenvalue weighted by Crippen LogP contribution is -2.30. The summed E-state index contributed by atoms with van der Waals surface area (Å²) in [5, 5.41) is 3.01. The van der Waals surface area contributed by atoms with Gasteiger partial charge in [-0.15, -0.1) is 0 Å². The number of fused-ring (bicyclic) bond motifs is 5. The zero-order valence-electron chi connectivity index (χ0n) is 9.97. The van der Waals surface area contributed by atoms with Crippen LogP contribution in [0.15, 0.2) is 18.5 Å². The topological polar surface area (TPSA) is 42.0 Å². The summed E-state index contributed by atoms with van der Waals surface area (Å²) in [7, 11) is 0. The van der Waals surface area contributed by atoms with Crippen LogP contribution in [0.5, 0.6) is 0 Å². The molecule has 3 saturated carbocycles. The number of aromatic nitrogens is 1. The second kappa shape index (κ2) is 3.53. The highest BCUT2D eigenvalue weighted by molar-refractivity contribution is 5.94. The van der Waals surface area contributed by atoms with E-state index < -0.39 is 5.82 Å². The number of rotatable bonds is 2. The van der Waals surface area contributed by atoms with E-state index in [9.17, 15) is 9.18 Å². The molecule has 0 aromatic carbocycles. The molecule has 3 nitrogen and oxygen atoms in total. The first-order chi connectivity index (χ1) is 8.75. The van der Waals surface area contributed by atoms with Crippen LogP contribution in [0.25, 0.3) is 0 Å². The zero-order chi connectivity index (χ0) is 12.3. The summed E-state index contributed by atoms with van der Waals surface area (Å²) < 4.78 is 13.4. The van der Waals surface area contributed by atoms with E-state index in [-0.39, 0.29) is 11.5 Å². The summed E-state index contributed by atoms with van der Waals surface area (Å²) in [4.78, 5) is 15.7. The Hall–Kier alpha value is -1.45. The highest BCUT2D eigenvalue weighted by atomic mass is 19.1. The monoisotopic (exact) mass is 246 g/mol. The van der Waals surface area contributed by atoms with Crippen molar-refractivity contribution in [1.29, 1.82) is 0 Å². The Labute approximate surface area is 105 Å². The van der Waals surface area contributed by atoms with Gasteiger partial charge in [0.05, 0.1) is 11.8 Å². The lowest BCUT2D eigenvalue weighted by Gasteiger charge is -2.10. The van der Waals surface area contributed by atoms with Gasteiger partial charge in [0.25, 0.3) is 5.91 Å². The standard InChI is InChI=1S/C14H15FN2O/c15-10-6-16-4-3-9(10)14(18)17-13-11-7-1-2-8(5-7)12(11)13/h3-4,6-8,11-13H,1-2,5H2,(H,17,18). The highest BCUT2D eigenvalue weighted by Gasteiger charge is 2.65. The molecule has 1 aromatic heterocycles. The molecule has 4 heteroatoms. The van der Waals surface area contributed by atoms with Gasteiger partial charge in [0.15, 0.2) is 5.82 Å². The number of nitrogens with one attached hydrogen (secondary N) is 1. The van der Waals surface area contributed by atoms with E-state index in [2.05, 4.69) is 10.3 Å². The van der Waals surface area contributed by atoms with E-state index in [0.29, 0.717) is 17.9 Å². The first-order valence-corrected chi connectivity index (χ1v) is 6.66. The van der Waals surface area contributed by atoms with Crippen LogP contribution in [0.4, 0.5) is 4.39 Å². The minimum Gasteiger partial charge on any atom is -0.349 e. The van der Waals surface area contributed by atoms with Crippen molar-refractivity contribution in [1.82, 2.24) is 10.3 Å². The molecule has 0 radical (unpaired) electrons. The lowest BCUT2D eigenvalue weighted by molar-refractivity contribution is 0.0940. The van der Waals surface area contributed by atoms with Gasteiger partial charge in [0, 0.05) is 12.2 Å². The molecular weight excluding hydrogens is 231 g/mol. The summed E-state index contributed by atoms with van der Waals surface area (Å²) >= 11 is 0. The number of hydrogen-bond acceptors (Lipinski definition) is 2. The fourth-order valence-electron chi connectivity index (χ4n) is 4.31. The minimum atomic E-state index is -0.538. The van der Waals surface area contributed by atoms with Gasteiger partial charge >= 0.3 is 0 Å². The maximum Gasteiger partial charge on any atom is 0.254 e. The number of hydrogen-bond donors (Lipinski definition) is 1. The smallest absolute Gasteiger partial charge is 0.254 e. The van der Waals surface area contributed by atoms with E-state index in [1.807, 2.05) is 0 Å². The van der Waals surface area contributed by atoms with Crippen molar-refractivity contribution in [2.24, 2.45) is 23.7 Å². The van der Waals surface area contributed by atoms with Crippen LogP contribution in [0.3, 0.4) is 0 Å². The van der Waals surface area contributed by atoms with Crippen molar-refractivity contribution in [2.45, 2.75) is 25.3 Å². The third-order valence-corrected chi connectivity index (χ3v) is 5.05. The van der Waals surface area contributed by atoms with E-state index in [0.717, 1.165) is 18.0 Å². The molecule has 0 saturated heterocycles. The van der Waals surface area contributed by atoms with Gasteiger partial charge in [-0.25, -0.2) is 4.39 Å². The fraction of sp³-hybridized carbons (Fsp3) is 0.571. The molecule has 1 amide bonds. The normalized spacial score (nSPS) is 39.5. The summed E-state index contributed by atoms with van der Waals surface area (Å²) in [6, 6.07) is 1.74. The molecule has 2 bridgehead atoms. The van der Waals surface area contributed by atoms with Crippen LogP contribution < -0.4 is 5.32 Å². The maximum atomic E-state index is 13.4. The predicted molar refractivity (Wildman–Crippen MR) is 63.3 cm³/mol. The number of carbonyl (C=O) groups is 1. The second-order valence-electron chi connectivity index (χ2n) is 5.84. The van der Waals surface area contributed by atoms with Gasteiger partial charge in [0.2, 0.25) is 0 Å². The zero-order valence-corrected chi connectivity index (χ0v) is 9.97. The van der Waals surface area contributed by atoms with Crippen molar-refractivity contribution >= 4 is 5.91 Å². The molecule has 4 unspecified atom stereocenters. The van der Waals surface area contributed by atoms with Gasteiger partial charge < -0.3 is 5.32 Å². The summed E-state index contributed by atoms with van der Waals surface area (Å²) in [5.74, 6) is 2.16. The molecule has 0 spiro atoms. The first kappa shape index (κ1) is 10.5. The molecule has 0 aliphatic heterocycles.